The molecule has 0 atom stereocenters. The summed E-state index contributed by atoms with van der Waals surface area (Å²) in [5.41, 5.74) is 1.51. The summed E-state index contributed by atoms with van der Waals surface area (Å²) in [5, 5.41) is 3.14. The van der Waals surface area contributed by atoms with Gasteiger partial charge in [0.2, 0.25) is 5.95 Å². The van der Waals surface area contributed by atoms with Crippen LogP contribution in [-0.2, 0) is 6.54 Å². The van der Waals surface area contributed by atoms with Gasteiger partial charge in [-0.15, -0.1) is 0 Å². The number of nitrogens with zero attached hydrogens (tertiary/aromatic N) is 5. The van der Waals surface area contributed by atoms with Crippen molar-refractivity contribution in [3.05, 3.63) is 48.0 Å². The number of anilines is 1. The molecule has 7 nitrogen and oxygen atoms in total. The van der Waals surface area contributed by atoms with Gasteiger partial charge in [0.15, 0.2) is 0 Å². The lowest BCUT2D eigenvalue weighted by Gasteiger charge is -2.32. The normalized spacial score (nSPS) is 15.4. The molecule has 1 amide bonds. The molecule has 2 aromatic rings. The molecule has 0 spiro atoms. The smallest absolute Gasteiger partial charge is 0.272 e. The minimum absolute atomic E-state index is 0.0348. The topological polar surface area (TPSA) is 74.2 Å². The van der Waals surface area contributed by atoms with E-state index in [4.69, 9.17) is 0 Å². The molecule has 2 aromatic heterocycles. The largest absolute Gasteiger partial charge is 0.350 e. The zero-order chi connectivity index (χ0) is 16.1. The number of carbonyl (C=O) groups excluding carboxylic acids is 1. The van der Waals surface area contributed by atoms with E-state index in [9.17, 15) is 4.79 Å². The minimum Gasteiger partial charge on any atom is -0.350 e. The molecule has 7 heteroatoms. The number of likely N-dealkylation sites (N-methyl/N-ethyl adjacent to an activating group) is 1. The van der Waals surface area contributed by atoms with Gasteiger partial charge in [0, 0.05) is 51.3 Å². The van der Waals surface area contributed by atoms with E-state index in [1.165, 1.54) is 0 Å². The number of nitrogens with one attached hydrogen (secondary N) is 1. The van der Waals surface area contributed by atoms with Crippen molar-refractivity contribution in [1.82, 2.24) is 24.8 Å². The Morgan fingerprint density at radius 1 is 1.13 bits per heavy atom. The molecule has 0 bridgehead atoms. The van der Waals surface area contributed by atoms with Crippen LogP contribution < -0.4 is 5.32 Å². The Morgan fingerprint density at radius 2 is 1.87 bits per heavy atom. The number of aromatic nitrogens is 3. The van der Waals surface area contributed by atoms with Crippen LogP contribution in [0.5, 0.6) is 0 Å². The summed E-state index contributed by atoms with van der Waals surface area (Å²) in [6.45, 7) is 3.85. The predicted octanol–water partition coefficient (Wildman–Crippen LogP) is 0.871. The summed E-state index contributed by atoms with van der Waals surface area (Å²) in [4.78, 5) is 29.1. The number of carbonyl (C=O) groups is 1. The molecule has 1 aliphatic rings. The van der Waals surface area contributed by atoms with Crippen molar-refractivity contribution in [2.24, 2.45) is 0 Å². The highest BCUT2D eigenvalue weighted by atomic mass is 16.2. The van der Waals surface area contributed by atoms with E-state index in [1.54, 1.807) is 24.7 Å². The standard InChI is InChI=1S/C16H20N6O/c1-21-8-10-22(11-9-21)15(23)14-4-7-18-16(20-14)19-12-13-2-5-17-6-3-13/h2-7H,8-12H2,1H3,(H,18,19,20). The van der Waals surface area contributed by atoms with Gasteiger partial charge in [0.05, 0.1) is 0 Å². The van der Waals surface area contributed by atoms with E-state index in [0.29, 0.717) is 18.2 Å². The van der Waals surface area contributed by atoms with Gasteiger partial charge in [-0.3, -0.25) is 9.78 Å². The van der Waals surface area contributed by atoms with Crippen LogP contribution in [0.25, 0.3) is 0 Å². The highest BCUT2D eigenvalue weighted by molar-refractivity contribution is 5.92. The molecule has 23 heavy (non-hydrogen) atoms. The number of piperazine rings is 1. The van der Waals surface area contributed by atoms with E-state index in [1.807, 2.05) is 17.0 Å². The first-order valence-electron chi connectivity index (χ1n) is 7.66. The second kappa shape index (κ2) is 7.15. The van der Waals surface area contributed by atoms with E-state index >= 15 is 0 Å². The average Bonchev–Trinajstić information content (AvgIpc) is 2.61. The maximum Gasteiger partial charge on any atom is 0.272 e. The zero-order valence-corrected chi connectivity index (χ0v) is 13.1. The van der Waals surface area contributed by atoms with E-state index in [0.717, 1.165) is 31.7 Å². The molecule has 1 saturated heterocycles. The van der Waals surface area contributed by atoms with Crippen LogP contribution >= 0.6 is 0 Å². The summed E-state index contributed by atoms with van der Waals surface area (Å²) < 4.78 is 0. The van der Waals surface area contributed by atoms with E-state index in [2.05, 4.69) is 32.2 Å². The number of rotatable bonds is 4. The number of pyridine rings is 1. The Bertz CT molecular complexity index is 655. The second-order valence-electron chi connectivity index (χ2n) is 5.57. The van der Waals surface area contributed by atoms with Crippen LogP contribution in [0, 0.1) is 0 Å². The number of hydrogen-bond donors (Lipinski definition) is 1. The highest BCUT2D eigenvalue weighted by Crippen LogP contribution is 2.08. The molecule has 1 N–H and O–H groups in total. The third-order valence-corrected chi connectivity index (χ3v) is 3.87. The van der Waals surface area contributed by atoms with Crippen molar-refractivity contribution in [3.8, 4) is 0 Å². The monoisotopic (exact) mass is 312 g/mol. The van der Waals surface area contributed by atoms with Crippen molar-refractivity contribution >= 4 is 11.9 Å². The van der Waals surface area contributed by atoms with Crippen LogP contribution in [0.4, 0.5) is 5.95 Å². The zero-order valence-electron chi connectivity index (χ0n) is 13.1. The lowest BCUT2D eigenvalue weighted by Crippen LogP contribution is -2.47. The first-order valence-corrected chi connectivity index (χ1v) is 7.66. The lowest BCUT2D eigenvalue weighted by atomic mass is 10.2. The fourth-order valence-electron chi connectivity index (χ4n) is 2.42. The van der Waals surface area contributed by atoms with Crippen molar-refractivity contribution in [2.75, 3.05) is 38.5 Å². The Balaban J connectivity index is 1.64. The molecule has 1 fully saturated rings. The SMILES string of the molecule is CN1CCN(C(=O)c2ccnc(NCc3ccncc3)n2)CC1. The molecular weight excluding hydrogens is 292 g/mol. The maximum absolute atomic E-state index is 12.5. The van der Waals surface area contributed by atoms with Crippen molar-refractivity contribution < 1.29 is 4.79 Å². The van der Waals surface area contributed by atoms with Crippen LogP contribution in [0.15, 0.2) is 36.8 Å². The Kier molecular flexibility index (Phi) is 4.77. The maximum atomic E-state index is 12.5. The molecule has 0 aliphatic carbocycles. The third kappa shape index (κ3) is 4.01. The Labute approximate surface area is 135 Å². The molecule has 0 radical (unpaired) electrons. The van der Waals surface area contributed by atoms with Crippen molar-refractivity contribution in [1.29, 1.82) is 0 Å². The van der Waals surface area contributed by atoms with Gasteiger partial charge in [-0.25, -0.2) is 9.97 Å². The molecule has 0 saturated carbocycles. The van der Waals surface area contributed by atoms with Gasteiger partial charge in [-0.1, -0.05) is 0 Å². The summed E-state index contributed by atoms with van der Waals surface area (Å²) in [6.07, 6.45) is 5.10. The fourth-order valence-corrected chi connectivity index (χ4v) is 2.42. The first-order chi connectivity index (χ1) is 11.2. The summed E-state index contributed by atoms with van der Waals surface area (Å²) in [7, 11) is 2.06. The molecule has 1 aliphatic heterocycles. The van der Waals surface area contributed by atoms with Gasteiger partial charge in [0.25, 0.3) is 5.91 Å². The van der Waals surface area contributed by atoms with Gasteiger partial charge < -0.3 is 15.1 Å². The highest BCUT2D eigenvalue weighted by Gasteiger charge is 2.21. The summed E-state index contributed by atoms with van der Waals surface area (Å²) in [5.74, 6) is 0.425. The number of hydrogen-bond acceptors (Lipinski definition) is 6. The first kappa shape index (κ1) is 15.4. The van der Waals surface area contributed by atoms with E-state index < -0.39 is 0 Å². The molecule has 0 unspecified atom stereocenters. The number of amides is 1. The van der Waals surface area contributed by atoms with Gasteiger partial charge in [-0.05, 0) is 30.8 Å². The molecule has 120 valence electrons. The fraction of sp³-hybridized carbons (Fsp3) is 0.375. The van der Waals surface area contributed by atoms with E-state index in [-0.39, 0.29) is 5.91 Å². The lowest BCUT2D eigenvalue weighted by molar-refractivity contribution is 0.0658. The molecular formula is C16H20N6O. The molecule has 0 aromatic carbocycles. The van der Waals surface area contributed by atoms with Crippen LogP contribution in [0.2, 0.25) is 0 Å². The molecule has 3 heterocycles. The quantitative estimate of drug-likeness (QED) is 0.903. The Hall–Kier alpha value is -2.54. The van der Waals surface area contributed by atoms with Crippen LogP contribution in [0.1, 0.15) is 16.1 Å². The van der Waals surface area contributed by atoms with Crippen molar-refractivity contribution in [2.45, 2.75) is 6.54 Å². The van der Waals surface area contributed by atoms with Crippen LogP contribution in [-0.4, -0.2) is 63.9 Å². The van der Waals surface area contributed by atoms with Gasteiger partial charge >= 0.3 is 0 Å². The van der Waals surface area contributed by atoms with Crippen molar-refractivity contribution in [3.63, 3.8) is 0 Å². The molecule has 3 rings (SSSR count). The average molecular weight is 312 g/mol. The van der Waals surface area contributed by atoms with Crippen LogP contribution in [0.3, 0.4) is 0 Å². The van der Waals surface area contributed by atoms with Gasteiger partial charge in [-0.2, -0.15) is 0 Å². The second-order valence-corrected chi connectivity index (χ2v) is 5.57. The minimum atomic E-state index is -0.0348. The Morgan fingerprint density at radius 3 is 2.61 bits per heavy atom. The predicted molar refractivity (Wildman–Crippen MR) is 87.0 cm³/mol. The summed E-state index contributed by atoms with van der Waals surface area (Å²) in [6, 6.07) is 5.51. The third-order valence-electron chi connectivity index (χ3n) is 3.87. The van der Waals surface area contributed by atoms with Gasteiger partial charge in [0.1, 0.15) is 5.69 Å². The summed E-state index contributed by atoms with van der Waals surface area (Å²) >= 11 is 0.